The van der Waals surface area contributed by atoms with Crippen LogP contribution in [-0.4, -0.2) is 56.8 Å². The lowest BCUT2D eigenvalue weighted by Gasteiger charge is -2.62. The molecule has 5 rings (SSSR count). The summed E-state index contributed by atoms with van der Waals surface area (Å²) in [5, 5.41) is 34.1. The molecule has 0 radical (unpaired) electrons. The lowest BCUT2D eigenvalue weighted by Crippen LogP contribution is -2.69. The average Bonchev–Trinajstić information content (AvgIpc) is 3.10. The molecular formula is C29H32FNO9. The van der Waals surface area contributed by atoms with Crippen molar-refractivity contribution < 1.29 is 43.4 Å². The van der Waals surface area contributed by atoms with E-state index in [9.17, 15) is 34.7 Å². The highest BCUT2D eigenvalue weighted by molar-refractivity contribution is 6.01. The van der Waals surface area contributed by atoms with Crippen LogP contribution in [0.25, 0.3) is 0 Å². The normalized spacial score (nSPS) is 39.9. The van der Waals surface area contributed by atoms with Crippen LogP contribution in [0.3, 0.4) is 0 Å². The number of nitrogens with zero attached hydrogens (tertiary/aromatic N) is 1. The Labute approximate surface area is 230 Å². The Balaban J connectivity index is 1.35. The number of rotatable bonds is 5. The van der Waals surface area contributed by atoms with E-state index >= 15 is 4.39 Å². The van der Waals surface area contributed by atoms with Crippen molar-refractivity contribution >= 4 is 23.4 Å². The molecule has 1 aromatic carbocycles. The first-order valence-corrected chi connectivity index (χ1v) is 13.3. The van der Waals surface area contributed by atoms with Gasteiger partial charge >= 0.3 is 6.16 Å². The number of non-ortho nitro benzene ring substituents is 1. The second-order valence-electron chi connectivity index (χ2n) is 12.0. The van der Waals surface area contributed by atoms with Gasteiger partial charge in [0.05, 0.1) is 11.0 Å². The molecule has 0 saturated heterocycles. The number of Topliss-reactive ketones (excluding diaryl/α,β-unsaturated/α-hetero) is 1. The zero-order valence-corrected chi connectivity index (χ0v) is 22.5. The molecule has 1 aromatic rings. The maximum atomic E-state index is 17.2. The van der Waals surface area contributed by atoms with Gasteiger partial charge in [-0.2, -0.15) is 0 Å². The fraction of sp³-hybridized carbons (Fsp3) is 0.552. The molecule has 0 spiro atoms. The van der Waals surface area contributed by atoms with Gasteiger partial charge in [0.2, 0.25) is 5.78 Å². The van der Waals surface area contributed by atoms with Gasteiger partial charge < -0.3 is 19.7 Å². The number of alkyl halides is 1. The highest BCUT2D eigenvalue weighted by Crippen LogP contribution is 2.70. The minimum atomic E-state index is -2.10. The summed E-state index contributed by atoms with van der Waals surface area (Å²) in [7, 11) is 0. The summed E-state index contributed by atoms with van der Waals surface area (Å²) in [5.74, 6) is -2.79. The Morgan fingerprint density at radius 3 is 2.52 bits per heavy atom. The lowest BCUT2D eigenvalue weighted by atomic mass is 9.44. The quantitative estimate of drug-likeness (QED) is 0.236. The van der Waals surface area contributed by atoms with Crippen molar-refractivity contribution in [3.8, 4) is 5.75 Å². The molecule has 0 aliphatic heterocycles. The highest BCUT2D eigenvalue weighted by Gasteiger charge is 2.75. The molecular weight excluding hydrogens is 525 g/mol. The molecule has 0 unspecified atom stereocenters. The number of carbonyl (C=O) groups excluding carboxylic acids is 3. The number of nitro groups is 1. The zero-order chi connectivity index (χ0) is 29.3. The first-order chi connectivity index (χ1) is 18.7. The molecule has 10 nitrogen and oxygen atoms in total. The maximum Gasteiger partial charge on any atom is 0.514 e. The van der Waals surface area contributed by atoms with Crippen LogP contribution < -0.4 is 4.74 Å². The zero-order valence-electron chi connectivity index (χ0n) is 22.5. The molecule has 8 atom stereocenters. The number of ether oxygens (including phenoxy) is 2. The van der Waals surface area contributed by atoms with Crippen molar-refractivity contribution in [1.82, 2.24) is 0 Å². The van der Waals surface area contributed by atoms with Gasteiger partial charge in [0.1, 0.15) is 11.4 Å². The molecule has 2 N–H and O–H groups in total. The van der Waals surface area contributed by atoms with Gasteiger partial charge in [-0.15, -0.1) is 0 Å². The van der Waals surface area contributed by atoms with Crippen molar-refractivity contribution in [3.05, 3.63) is 58.2 Å². The summed E-state index contributed by atoms with van der Waals surface area (Å²) in [6.45, 7) is 4.26. The minimum absolute atomic E-state index is 0.0321. The first kappa shape index (κ1) is 28.1. The van der Waals surface area contributed by atoms with E-state index in [2.05, 4.69) is 0 Å². The van der Waals surface area contributed by atoms with E-state index in [1.54, 1.807) is 26.8 Å². The highest BCUT2D eigenvalue weighted by atomic mass is 19.1. The number of aliphatic hydroxyl groups is 2. The van der Waals surface area contributed by atoms with Gasteiger partial charge in [0.25, 0.3) is 5.69 Å². The lowest BCUT2D eigenvalue weighted by molar-refractivity contribution is -0.384. The number of halogens is 1. The van der Waals surface area contributed by atoms with Crippen LogP contribution in [0.1, 0.15) is 46.5 Å². The van der Waals surface area contributed by atoms with Crippen LogP contribution >= 0.6 is 0 Å². The average molecular weight is 558 g/mol. The number of hydrogen-bond acceptors (Lipinski definition) is 9. The second-order valence-corrected chi connectivity index (χ2v) is 12.0. The monoisotopic (exact) mass is 557 g/mol. The predicted octanol–water partition coefficient (Wildman–Crippen LogP) is 4.03. The number of carbonyl (C=O) groups is 3. The van der Waals surface area contributed by atoms with E-state index in [1.165, 1.54) is 24.3 Å². The maximum absolute atomic E-state index is 17.2. The molecule has 214 valence electrons. The van der Waals surface area contributed by atoms with Crippen LogP contribution in [0.15, 0.2) is 48.1 Å². The third-order valence-electron chi connectivity index (χ3n) is 10.2. The molecule has 4 aliphatic rings. The number of nitro benzene ring substituents is 1. The fourth-order valence-corrected chi connectivity index (χ4v) is 8.14. The molecule has 40 heavy (non-hydrogen) atoms. The van der Waals surface area contributed by atoms with E-state index in [1.807, 2.05) is 0 Å². The Morgan fingerprint density at radius 2 is 1.88 bits per heavy atom. The fourth-order valence-electron chi connectivity index (χ4n) is 8.14. The third-order valence-corrected chi connectivity index (χ3v) is 10.2. The van der Waals surface area contributed by atoms with Gasteiger partial charge in [-0.1, -0.05) is 25.5 Å². The van der Waals surface area contributed by atoms with E-state index in [4.69, 9.17) is 9.47 Å². The molecule has 3 fully saturated rings. The number of aliphatic hydroxyl groups excluding tert-OH is 1. The number of allylic oxidation sites excluding steroid dienone is 4. The van der Waals surface area contributed by atoms with Crippen LogP contribution in [0.4, 0.5) is 14.9 Å². The van der Waals surface area contributed by atoms with E-state index in [0.29, 0.717) is 24.8 Å². The third kappa shape index (κ3) is 3.77. The summed E-state index contributed by atoms with van der Waals surface area (Å²) in [6, 6.07) is 4.69. The van der Waals surface area contributed by atoms with E-state index in [-0.39, 0.29) is 23.6 Å². The summed E-state index contributed by atoms with van der Waals surface area (Å²) >= 11 is 0. The molecule has 0 amide bonds. The van der Waals surface area contributed by atoms with Crippen molar-refractivity contribution in [2.24, 2.45) is 28.6 Å². The Morgan fingerprint density at radius 1 is 1.20 bits per heavy atom. The Bertz CT molecular complexity index is 1340. The topological polar surface area (TPSA) is 153 Å². The summed E-state index contributed by atoms with van der Waals surface area (Å²) in [4.78, 5) is 47.9. The standard InChI is InChI=1S/C29H32FNO9/c1-16-12-22-21-9-4-17-13-19(32)10-11-26(17,2)28(21,30)23(33)14-27(22,3)29(16,36)24(34)15-39-25(35)40-20-7-5-18(6-8-20)31(37)38/h5-8,10-11,13,16,21-23,33,36H,4,9,12,14-15H2,1-3H3/t16-,21+,22+,23+,26+,27+,28+,29+/m1/s1. The van der Waals surface area contributed by atoms with Gasteiger partial charge in [-0.3, -0.25) is 19.7 Å². The number of ketones is 2. The van der Waals surface area contributed by atoms with Crippen LogP contribution in [-0.2, 0) is 14.3 Å². The molecule has 3 saturated carbocycles. The summed E-state index contributed by atoms with van der Waals surface area (Å²) < 4.78 is 27.2. The summed E-state index contributed by atoms with van der Waals surface area (Å²) in [5.41, 5.74) is -6.07. The first-order valence-electron chi connectivity index (χ1n) is 13.3. The number of benzene rings is 1. The van der Waals surface area contributed by atoms with Crippen molar-refractivity contribution in [2.75, 3.05) is 6.61 Å². The molecule has 4 aliphatic carbocycles. The van der Waals surface area contributed by atoms with Crippen molar-refractivity contribution in [2.45, 2.75) is 63.8 Å². The van der Waals surface area contributed by atoms with Crippen LogP contribution in [0.2, 0.25) is 0 Å². The Hall–Kier alpha value is -3.44. The van der Waals surface area contributed by atoms with Crippen LogP contribution in [0.5, 0.6) is 5.75 Å². The van der Waals surface area contributed by atoms with E-state index < -0.39 is 69.4 Å². The second kappa shape index (κ2) is 9.31. The minimum Gasteiger partial charge on any atom is -0.426 e. The number of hydrogen-bond donors (Lipinski definition) is 2. The molecule has 0 aromatic heterocycles. The van der Waals surface area contributed by atoms with Gasteiger partial charge in [-0.05, 0) is 68.7 Å². The smallest absolute Gasteiger partial charge is 0.426 e. The summed E-state index contributed by atoms with van der Waals surface area (Å²) in [6.07, 6.45) is 2.50. The van der Waals surface area contributed by atoms with Gasteiger partial charge in [0.15, 0.2) is 18.1 Å². The van der Waals surface area contributed by atoms with Gasteiger partial charge in [-0.25, -0.2) is 9.18 Å². The molecule has 0 bridgehead atoms. The van der Waals surface area contributed by atoms with E-state index in [0.717, 1.165) is 12.1 Å². The molecule has 11 heteroatoms. The number of fused-ring (bicyclic) bond motifs is 5. The van der Waals surface area contributed by atoms with Crippen LogP contribution in [0, 0.1) is 38.7 Å². The van der Waals surface area contributed by atoms with Crippen molar-refractivity contribution in [1.29, 1.82) is 0 Å². The molecule has 0 heterocycles. The largest absolute Gasteiger partial charge is 0.514 e. The SMILES string of the molecule is C[C@@H]1C[C@H]2[C@@H]3CCC4=CC(=O)C=C[C@]4(C)[C@@]3(F)[C@@H](O)C[C@]2(C)[C@@]1(O)C(=O)COC(=O)Oc1ccc([N+](=O)[O-])cc1. The van der Waals surface area contributed by atoms with Gasteiger partial charge in [0, 0.05) is 28.9 Å². The van der Waals surface area contributed by atoms with Crippen molar-refractivity contribution in [3.63, 3.8) is 0 Å². The predicted molar refractivity (Wildman–Crippen MR) is 138 cm³/mol. The Kier molecular flexibility index (Phi) is 6.54.